The van der Waals surface area contributed by atoms with Crippen LogP contribution in [0.3, 0.4) is 0 Å². The molecule has 100 valence electrons. The van der Waals surface area contributed by atoms with Crippen LogP contribution in [0.1, 0.15) is 19.3 Å². The van der Waals surface area contributed by atoms with Crippen LogP contribution in [0, 0.1) is 11.8 Å². The number of carbonyl (C=O) groups is 1. The molecule has 0 radical (unpaired) electrons. The van der Waals surface area contributed by atoms with Crippen LogP contribution in [-0.2, 0) is 14.8 Å². The summed E-state index contributed by atoms with van der Waals surface area (Å²) in [5.74, 6) is -1.35. The summed E-state index contributed by atoms with van der Waals surface area (Å²) in [6.07, 6.45) is 2.26. The lowest BCUT2D eigenvalue weighted by atomic mass is 9.97. The van der Waals surface area contributed by atoms with Crippen LogP contribution < -0.4 is 4.72 Å². The van der Waals surface area contributed by atoms with Gasteiger partial charge in [0.2, 0.25) is 10.0 Å². The summed E-state index contributed by atoms with van der Waals surface area (Å²) >= 11 is 1.15. The maximum absolute atomic E-state index is 11.9. The van der Waals surface area contributed by atoms with Crippen molar-refractivity contribution in [3.63, 3.8) is 0 Å². The van der Waals surface area contributed by atoms with Crippen molar-refractivity contribution < 1.29 is 18.3 Å². The molecule has 2 unspecified atom stereocenters. The van der Waals surface area contributed by atoms with Crippen molar-refractivity contribution in [1.82, 2.24) is 4.72 Å². The first-order chi connectivity index (χ1) is 8.50. The van der Waals surface area contributed by atoms with Gasteiger partial charge in [0.05, 0.1) is 5.92 Å². The van der Waals surface area contributed by atoms with Gasteiger partial charge in [-0.2, -0.15) is 0 Å². The number of nitrogens with one attached hydrogen (secondary N) is 1. The molecule has 0 saturated heterocycles. The molecule has 2 rings (SSSR count). The van der Waals surface area contributed by atoms with E-state index in [1.807, 2.05) is 0 Å². The zero-order chi connectivity index (χ0) is 13.2. The van der Waals surface area contributed by atoms with Gasteiger partial charge in [-0.15, -0.1) is 11.3 Å². The van der Waals surface area contributed by atoms with Gasteiger partial charge in [-0.1, -0.05) is 12.5 Å². The standard InChI is InChI=1S/C11H15NO4S2/c13-11(14)9-4-1-3-8(9)7-12-18(15,16)10-5-2-6-17-10/h2,5-6,8-9,12H,1,3-4,7H2,(H,13,14). The summed E-state index contributed by atoms with van der Waals surface area (Å²) in [7, 11) is -3.48. The molecule has 1 aromatic rings. The topological polar surface area (TPSA) is 83.5 Å². The molecular weight excluding hydrogens is 274 g/mol. The molecule has 1 fully saturated rings. The van der Waals surface area contributed by atoms with Crippen molar-refractivity contribution in [2.75, 3.05) is 6.54 Å². The molecule has 1 aliphatic rings. The van der Waals surface area contributed by atoms with Crippen molar-refractivity contribution >= 4 is 27.3 Å². The Morgan fingerprint density at radius 1 is 1.50 bits per heavy atom. The fraction of sp³-hybridized carbons (Fsp3) is 0.545. The number of sulfonamides is 1. The molecule has 2 N–H and O–H groups in total. The van der Waals surface area contributed by atoms with Crippen LogP contribution in [0.25, 0.3) is 0 Å². The minimum Gasteiger partial charge on any atom is -0.481 e. The molecule has 18 heavy (non-hydrogen) atoms. The Kier molecular flexibility index (Phi) is 4.04. The SMILES string of the molecule is O=C(O)C1CCCC1CNS(=O)(=O)c1cccs1. The average Bonchev–Trinajstić information content (AvgIpc) is 2.97. The monoisotopic (exact) mass is 289 g/mol. The van der Waals surface area contributed by atoms with E-state index in [1.165, 1.54) is 6.07 Å². The van der Waals surface area contributed by atoms with Crippen LogP contribution in [0.4, 0.5) is 0 Å². The summed E-state index contributed by atoms with van der Waals surface area (Å²) in [6, 6.07) is 3.21. The minimum atomic E-state index is -3.48. The third kappa shape index (κ3) is 2.90. The number of hydrogen-bond donors (Lipinski definition) is 2. The number of rotatable bonds is 5. The quantitative estimate of drug-likeness (QED) is 0.861. The van der Waals surface area contributed by atoms with E-state index in [0.717, 1.165) is 24.2 Å². The van der Waals surface area contributed by atoms with E-state index in [9.17, 15) is 13.2 Å². The van der Waals surface area contributed by atoms with Gasteiger partial charge in [-0.25, -0.2) is 13.1 Å². The zero-order valence-electron chi connectivity index (χ0n) is 9.70. The maximum Gasteiger partial charge on any atom is 0.306 e. The van der Waals surface area contributed by atoms with Crippen molar-refractivity contribution in [1.29, 1.82) is 0 Å². The second-order valence-corrected chi connectivity index (χ2v) is 7.36. The zero-order valence-corrected chi connectivity index (χ0v) is 11.3. The van der Waals surface area contributed by atoms with Gasteiger partial charge in [-0.3, -0.25) is 4.79 Å². The highest BCUT2D eigenvalue weighted by Gasteiger charge is 2.33. The Bertz CT molecular complexity index is 509. The Morgan fingerprint density at radius 3 is 2.89 bits per heavy atom. The molecule has 0 aliphatic heterocycles. The van der Waals surface area contributed by atoms with E-state index in [1.54, 1.807) is 11.4 Å². The van der Waals surface area contributed by atoms with Gasteiger partial charge < -0.3 is 5.11 Å². The third-order valence-corrected chi connectivity index (χ3v) is 6.09. The number of carboxylic acid groups (broad SMARTS) is 1. The second-order valence-electron chi connectivity index (χ2n) is 4.42. The fourth-order valence-corrected chi connectivity index (χ4v) is 4.44. The molecular formula is C11H15NO4S2. The van der Waals surface area contributed by atoms with Crippen molar-refractivity contribution in [3.05, 3.63) is 17.5 Å². The highest BCUT2D eigenvalue weighted by molar-refractivity contribution is 7.91. The first-order valence-electron chi connectivity index (χ1n) is 5.76. The van der Waals surface area contributed by atoms with E-state index >= 15 is 0 Å². The van der Waals surface area contributed by atoms with E-state index in [4.69, 9.17) is 5.11 Å². The molecule has 0 bridgehead atoms. The van der Waals surface area contributed by atoms with E-state index in [2.05, 4.69) is 4.72 Å². The van der Waals surface area contributed by atoms with Gasteiger partial charge in [0.1, 0.15) is 4.21 Å². The van der Waals surface area contributed by atoms with Gasteiger partial charge in [0.25, 0.3) is 0 Å². The predicted octanol–water partition coefficient (Wildman–Crippen LogP) is 1.53. The average molecular weight is 289 g/mol. The number of aliphatic carboxylic acids is 1. The van der Waals surface area contributed by atoms with E-state index < -0.39 is 21.9 Å². The second kappa shape index (κ2) is 5.38. The lowest BCUT2D eigenvalue weighted by Crippen LogP contribution is -2.32. The predicted molar refractivity (Wildman–Crippen MR) is 68.0 cm³/mol. The molecule has 1 aromatic heterocycles. The Balaban J connectivity index is 1.98. The summed E-state index contributed by atoms with van der Waals surface area (Å²) in [4.78, 5) is 11.0. The molecule has 7 heteroatoms. The first kappa shape index (κ1) is 13.5. The molecule has 1 heterocycles. The number of carboxylic acids is 1. The Labute approximate surface area is 110 Å². The highest BCUT2D eigenvalue weighted by Crippen LogP contribution is 2.31. The van der Waals surface area contributed by atoms with E-state index in [-0.39, 0.29) is 16.7 Å². The first-order valence-corrected chi connectivity index (χ1v) is 8.13. The molecule has 1 saturated carbocycles. The van der Waals surface area contributed by atoms with Gasteiger partial charge in [0, 0.05) is 6.54 Å². The van der Waals surface area contributed by atoms with Gasteiger partial charge in [0.15, 0.2) is 0 Å². The molecule has 2 atom stereocenters. The summed E-state index contributed by atoms with van der Waals surface area (Å²) < 4.78 is 26.5. The molecule has 5 nitrogen and oxygen atoms in total. The van der Waals surface area contributed by atoms with Crippen LogP contribution in [0.5, 0.6) is 0 Å². The highest BCUT2D eigenvalue weighted by atomic mass is 32.2. The molecule has 1 aliphatic carbocycles. The Morgan fingerprint density at radius 2 is 2.28 bits per heavy atom. The molecule has 0 aromatic carbocycles. The minimum absolute atomic E-state index is 0.0998. The summed E-state index contributed by atoms with van der Waals surface area (Å²) in [5.41, 5.74) is 0. The number of thiophene rings is 1. The number of hydrogen-bond acceptors (Lipinski definition) is 4. The normalized spacial score (nSPS) is 24.2. The Hall–Kier alpha value is -0.920. The van der Waals surface area contributed by atoms with E-state index in [0.29, 0.717) is 6.42 Å². The van der Waals surface area contributed by atoms with Gasteiger partial charge in [-0.05, 0) is 30.2 Å². The van der Waals surface area contributed by atoms with Gasteiger partial charge >= 0.3 is 5.97 Å². The maximum atomic E-state index is 11.9. The lowest BCUT2D eigenvalue weighted by Gasteiger charge is -2.15. The van der Waals surface area contributed by atoms with Crippen LogP contribution in [0.2, 0.25) is 0 Å². The van der Waals surface area contributed by atoms with Crippen molar-refractivity contribution in [2.24, 2.45) is 11.8 Å². The lowest BCUT2D eigenvalue weighted by molar-refractivity contribution is -0.142. The van der Waals surface area contributed by atoms with Crippen LogP contribution >= 0.6 is 11.3 Å². The third-order valence-electron chi connectivity index (χ3n) is 3.27. The smallest absolute Gasteiger partial charge is 0.306 e. The largest absolute Gasteiger partial charge is 0.481 e. The van der Waals surface area contributed by atoms with Crippen LogP contribution in [0.15, 0.2) is 21.7 Å². The summed E-state index contributed by atoms with van der Waals surface area (Å²) in [6.45, 7) is 0.206. The summed E-state index contributed by atoms with van der Waals surface area (Å²) in [5, 5.41) is 10.7. The van der Waals surface area contributed by atoms with Crippen molar-refractivity contribution in [3.8, 4) is 0 Å². The van der Waals surface area contributed by atoms with Crippen LogP contribution in [-0.4, -0.2) is 26.0 Å². The van der Waals surface area contributed by atoms with Crippen molar-refractivity contribution in [2.45, 2.75) is 23.5 Å². The fourth-order valence-electron chi connectivity index (χ4n) is 2.31. The molecule has 0 spiro atoms. The molecule has 0 amide bonds.